The fourth-order valence-electron chi connectivity index (χ4n) is 1.12. The number of benzene rings is 1. The van der Waals surface area contributed by atoms with E-state index in [1.165, 1.54) is 6.92 Å². The Morgan fingerprint density at radius 3 is 2.33 bits per heavy atom. The van der Waals surface area contributed by atoms with Gasteiger partial charge in [0.1, 0.15) is 0 Å². The van der Waals surface area contributed by atoms with E-state index in [1.54, 1.807) is 37.3 Å². The van der Waals surface area contributed by atoms with Crippen LogP contribution < -0.4 is 0 Å². The topological polar surface area (TPSA) is 46.6 Å². The van der Waals surface area contributed by atoms with Crippen LogP contribution in [0.4, 0.5) is 0 Å². The van der Waals surface area contributed by atoms with Crippen molar-refractivity contribution in [3.63, 3.8) is 0 Å². The van der Waals surface area contributed by atoms with E-state index in [1.807, 2.05) is 0 Å². The second-order valence-electron chi connectivity index (χ2n) is 2.90. The van der Waals surface area contributed by atoms with Gasteiger partial charge >= 0.3 is 0 Å². The minimum Gasteiger partial charge on any atom is -0.272 e. The summed E-state index contributed by atoms with van der Waals surface area (Å²) >= 11 is 0. The molecule has 0 aliphatic heterocycles. The van der Waals surface area contributed by atoms with E-state index in [0.29, 0.717) is 5.56 Å². The molecule has 0 N–H and O–H groups in total. The van der Waals surface area contributed by atoms with Crippen molar-refractivity contribution in [3.05, 3.63) is 35.9 Å². The lowest BCUT2D eigenvalue weighted by molar-refractivity contribution is -0.165. The highest BCUT2D eigenvalue weighted by Crippen LogP contribution is 2.05. The van der Waals surface area contributed by atoms with Crippen molar-refractivity contribution < 1.29 is 14.4 Å². The van der Waals surface area contributed by atoms with Gasteiger partial charge in [-0.3, -0.25) is 14.4 Å². The average molecular weight is 207 g/mol. The van der Waals surface area contributed by atoms with Gasteiger partial charge in [0.2, 0.25) is 0 Å². The molecule has 0 aromatic heterocycles. The number of carbonyl (C=O) groups excluding carboxylic acids is 2. The Balaban J connectivity index is 2.86. The minimum atomic E-state index is -0.440. The predicted molar refractivity (Wildman–Crippen MR) is 54.9 cm³/mol. The second-order valence-corrected chi connectivity index (χ2v) is 2.90. The molecule has 0 saturated heterocycles. The van der Waals surface area contributed by atoms with Crippen LogP contribution in [0.2, 0.25) is 0 Å². The molecule has 80 valence electrons. The Hall–Kier alpha value is -1.68. The molecule has 0 radical (unpaired) electrons. The Bertz CT molecular complexity index is 348. The van der Waals surface area contributed by atoms with Gasteiger partial charge in [-0.25, -0.2) is 0 Å². The van der Waals surface area contributed by atoms with Gasteiger partial charge < -0.3 is 0 Å². The Labute approximate surface area is 88.4 Å². The zero-order valence-electron chi connectivity index (χ0n) is 8.77. The fraction of sp³-hybridized carbons (Fsp3) is 0.273. The standard InChI is InChI=1S/C11H13NO3/c1-3-15-12(9(2)13)11(14)10-7-5-4-6-8-10/h4-8H,3H2,1-2H3. The van der Waals surface area contributed by atoms with Crippen LogP contribution in [0.15, 0.2) is 30.3 Å². The van der Waals surface area contributed by atoms with Gasteiger partial charge in [0, 0.05) is 12.5 Å². The lowest BCUT2D eigenvalue weighted by Gasteiger charge is -2.16. The molecule has 0 fully saturated rings. The first-order chi connectivity index (χ1) is 7.16. The maximum atomic E-state index is 11.8. The third-order valence-corrected chi connectivity index (χ3v) is 1.75. The highest BCUT2D eigenvalue weighted by Gasteiger charge is 2.19. The van der Waals surface area contributed by atoms with E-state index in [0.717, 1.165) is 5.06 Å². The van der Waals surface area contributed by atoms with Gasteiger partial charge in [-0.2, -0.15) is 0 Å². The predicted octanol–water partition coefficient (Wildman–Crippen LogP) is 1.63. The molecule has 4 nitrogen and oxygen atoms in total. The Kier molecular flexibility index (Phi) is 4.00. The number of rotatable bonds is 3. The largest absolute Gasteiger partial charge is 0.284 e. The average Bonchev–Trinajstić information content (AvgIpc) is 2.26. The first kappa shape index (κ1) is 11.4. The van der Waals surface area contributed by atoms with E-state index in [4.69, 9.17) is 4.84 Å². The third kappa shape index (κ3) is 2.89. The fourth-order valence-corrected chi connectivity index (χ4v) is 1.12. The SMILES string of the molecule is CCON(C(C)=O)C(=O)c1ccccc1. The smallest absolute Gasteiger partial charge is 0.272 e. The van der Waals surface area contributed by atoms with Gasteiger partial charge in [-0.15, -0.1) is 5.06 Å². The van der Waals surface area contributed by atoms with Crippen LogP contribution in [0.25, 0.3) is 0 Å². The summed E-state index contributed by atoms with van der Waals surface area (Å²) < 4.78 is 0. The van der Waals surface area contributed by atoms with Crippen molar-refractivity contribution in [3.8, 4) is 0 Å². The molecule has 0 unspecified atom stereocenters. The molecular formula is C11H13NO3. The number of hydrogen-bond donors (Lipinski definition) is 0. The molecule has 0 spiro atoms. The molecule has 0 atom stereocenters. The number of hydrogen-bond acceptors (Lipinski definition) is 3. The summed E-state index contributed by atoms with van der Waals surface area (Å²) in [6.45, 7) is 3.28. The zero-order valence-corrected chi connectivity index (χ0v) is 8.77. The van der Waals surface area contributed by atoms with Crippen LogP contribution in [0.5, 0.6) is 0 Å². The van der Waals surface area contributed by atoms with Crippen molar-refractivity contribution >= 4 is 11.8 Å². The highest BCUT2D eigenvalue weighted by molar-refractivity contribution is 6.02. The van der Waals surface area contributed by atoms with Crippen LogP contribution in [-0.2, 0) is 9.63 Å². The Morgan fingerprint density at radius 1 is 1.27 bits per heavy atom. The summed E-state index contributed by atoms with van der Waals surface area (Å²) in [7, 11) is 0. The molecule has 4 heteroatoms. The molecule has 2 amide bonds. The summed E-state index contributed by atoms with van der Waals surface area (Å²) in [6, 6.07) is 8.54. The summed E-state index contributed by atoms with van der Waals surface area (Å²) in [4.78, 5) is 27.8. The minimum absolute atomic E-state index is 0.276. The number of nitrogens with zero attached hydrogens (tertiary/aromatic N) is 1. The van der Waals surface area contributed by atoms with E-state index in [2.05, 4.69) is 0 Å². The molecule has 0 saturated carbocycles. The number of carbonyl (C=O) groups is 2. The molecule has 15 heavy (non-hydrogen) atoms. The van der Waals surface area contributed by atoms with E-state index in [9.17, 15) is 9.59 Å². The van der Waals surface area contributed by atoms with Crippen LogP contribution in [-0.4, -0.2) is 23.5 Å². The lowest BCUT2D eigenvalue weighted by atomic mass is 10.2. The van der Waals surface area contributed by atoms with Crippen LogP contribution in [0.3, 0.4) is 0 Å². The summed E-state index contributed by atoms with van der Waals surface area (Å²) in [5, 5.41) is 0.773. The first-order valence-corrected chi connectivity index (χ1v) is 4.69. The molecule has 1 aromatic carbocycles. The van der Waals surface area contributed by atoms with Crippen molar-refractivity contribution in [2.45, 2.75) is 13.8 Å². The Morgan fingerprint density at radius 2 is 1.87 bits per heavy atom. The molecule has 0 bridgehead atoms. The number of amides is 2. The second kappa shape index (κ2) is 5.26. The molecular weight excluding hydrogens is 194 g/mol. The number of hydroxylamine groups is 2. The molecule has 0 aliphatic carbocycles. The van der Waals surface area contributed by atoms with Gasteiger partial charge in [-0.05, 0) is 19.1 Å². The van der Waals surface area contributed by atoms with Crippen molar-refractivity contribution in [2.75, 3.05) is 6.61 Å². The maximum absolute atomic E-state index is 11.8. The van der Waals surface area contributed by atoms with Crippen LogP contribution in [0.1, 0.15) is 24.2 Å². The quantitative estimate of drug-likeness (QED) is 0.707. The zero-order chi connectivity index (χ0) is 11.3. The molecule has 1 aromatic rings. The summed E-state index contributed by atoms with van der Waals surface area (Å²) in [5.41, 5.74) is 0.432. The van der Waals surface area contributed by atoms with Crippen LogP contribution >= 0.6 is 0 Å². The van der Waals surface area contributed by atoms with Crippen molar-refractivity contribution in [2.24, 2.45) is 0 Å². The van der Waals surface area contributed by atoms with Gasteiger partial charge in [-0.1, -0.05) is 18.2 Å². The van der Waals surface area contributed by atoms with Crippen molar-refractivity contribution in [1.29, 1.82) is 0 Å². The van der Waals surface area contributed by atoms with E-state index in [-0.39, 0.29) is 6.61 Å². The van der Waals surface area contributed by atoms with Gasteiger partial charge in [0.25, 0.3) is 11.8 Å². The van der Waals surface area contributed by atoms with Gasteiger partial charge in [0.15, 0.2) is 0 Å². The molecule has 0 aliphatic rings. The monoisotopic (exact) mass is 207 g/mol. The number of imide groups is 1. The highest BCUT2D eigenvalue weighted by atomic mass is 16.7. The van der Waals surface area contributed by atoms with E-state index < -0.39 is 11.8 Å². The summed E-state index contributed by atoms with van der Waals surface area (Å²) in [5.74, 6) is -0.865. The molecule has 0 heterocycles. The van der Waals surface area contributed by atoms with E-state index >= 15 is 0 Å². The van der Waals surface area contributed by atoms with Gasteiger partial charge in [0.05, 0.1) is 6.61 Å². The third-order valence-electron chi connectivity index (χ3n) is 1.75. The molecule has 1 rings (SSSR count). The lowest BCUT2D eigenvalue weighted by Crippen LogP contribution is -2.35. The normalized spacial score (nSPS) is 9.73. The first-order valence-electron chi connectivity index (χ1n) is 4.69. The maximum Gasteiger partial charge on any atom is 0.284 e. The van der Waals surface area contributed by atoms with Crippen molar-refractivity contribution in [1.82, 2.24) is 5.06 Å². The van der Waals surface area contributed by atoms with Crippen LogP contribution in [0, 0.1) is 0 Å². The summed E-state index contributed by atoms with van der Waals surface area (Å²) in [6.07, 6.45) is 0.